The topological polar surface area (TPSA) is 35.6 Å². The molecule has 4 heteroatoms. The summed E-state index contributed by atoms with van der Waals surface area (Å²) in [6.45, 7) is 5.20. The van der Waals surface area contributed by atoms with Crippen LogP contribution in [0.5, 0.6) is 0 Å². The van der Waals surface area contributed by atoms with Crippen LogP contribution in [0.2, 0.25) is 0 Å². The van der Waals surface area contributed by atoms with Crippen LogP contribution in [0.3, 0.4) is 0 Å². The van der Waals surface area contributed by atoms with E-state index in [-0.39, 0.29) is 5.91 Å². The Labute approximate surface area is 122 Å². The van der Waals surface area contributed by atoms with Gasteiger partial charge in [0.15, 0.2) is 0 Å². The van der Waals surface area contributed by atoms with Gasteiger partial charge in [-0.05, 0) is 32.2 Å². The second-order valence-electron chi connectivity index (χ2n) is 6.82. The van der Waals surface area contributed by atoms with E-state index in [2.05, 4.69) is 15.1 Å². The third kappa shape index (κ3) is 3.73. The van der Waals surface area contributed by atoms with Crippen LogP contribution in [0.1, 0.15) is 51.4 Å². The van der Waals surface area contributed by atoms with Gasteiger partial charge >= 0.3 is 0 Å². The largest absolute Gasteiger partial charge is 0.352 e. The highest BCUT2D eigenvalue weighted by Gasteiger charge is 2.31. The van der Waals surface area contributed by atoms with E-state index in [9.17, 15) is 4.79 Å². The number of piperazine rings is 1. The van der Waals surface area contributed by atoms with Crippen molar-refractivity contribution in [3.8, 4) is 0 Å². The van der Waals surface area contributed by atoms with Crippen LogP contribution in [0, 0.1) is 0 Å². The van der Waals surface area contributed by atoms with Gasteiger partial charge in [0.25, 0.3) is 0 Å². The summed E-state index contributed by atoms with van der Waals surface area (Å²) in [5.41, 5.74) is 0. The molecule has 1 aliphatic carbocycles. The number of nitrogens with one attached hydrogen (secondary N) is 1. The summed E-state index contributed by atoms with van der Waals surface area (Å²) >= 11 is 0. The Morgan fingerprint density at radius 3 is 2.55 bits per heavy atom. The minimum Gasteiger partial charge on any atom is -0.352 e. The van der Waals surface area contributed by atoms with Crippen molar-refractivity contribution in [1.29, 1.82) is 0 Å². The molecule has 1 amide bonds. The third-order valence-electron chi connectivity index (χ3n) is 5.26. The molecule has 2 aliphatic heterocycles. The van der Waals surface area contributed by atoms with Gasteiger partial charge in [0, 0.05) is 31.7 Å². The lowest BCUT2D eigenvalue weighted by molar-refractivity contribution is -0.123. The zero-order valence-electron chi connectivity index (χ0n) is 12.6. The van der Waals surface area contributed by atoms with Crippen LogP contribution >= 0.6 is 0 Å². The molecule has 0 bridgehead atoms. The molecule has 20 heavy (non-hydrogen) atoms. The highest BCUT2D eigenvalue weighted by molar-refractivity contribution is 5.78. The Hall–Kier alpha value is -0.610. The molecule has 2 saturated heterocycles. The molecule has 0 spiro atoms. The molecule has 0 radical (unpaired) electrons. The monoisotopic (exact) mass is 279 g/mol. The lowest BCUT2D eigenvalue weighted by Gasteiger charge is -2.37. The van der Waals surface area contributed by atoms with Crippen molar-refractivity contribution in [1.82, 2.24) is 15.1 Å². The lowest BCUT2D eigenvalue weighted by atomic mass is 10.1. The SMILES string of the molecule is O=C(CN1CCN2CCCC2C1)NC1CCCCCC1. The summed E-state index contributed by atoms with van der Waals surface area (Å²) in [5, 5.41) is 3.27. The Bertz CT molecular complexity index is 326. The normalized spacial score (nSPS) is 29.9. The average Bonchev–Trinajstić information content (AvgIpc) is 2.75. The number of carbonyl (C=O) groups is 1. The minimum absolute atomic E-state index is 0.253. The van der Waals surface area contributed by atoms with E-state index >= 15 is 0 Å². The molecule has 0 aromatic rings. The highest BCUT2D eigenvalue weighted by atomic mass is 16.2. The molecule has 0 aromatic carbocycles. The first-order valence-corrected chi connectivity index (χ1v) is 8.57. The summed E-state index contributed by atoms with van der Waals surface area (Å²) in [6, 6.07) is 1.16. The van der Waals surface area contributed by atoms with Gasteiger partial charge in [-0.1, -0.05) is 25.7 Å². The van der Waals surface area contributed by atoms with Crippen molar-refractivity contribution < 1.29 is 4.79 Å². The van der Waals surface area contributed by atoms with E-state index in [1.807, 2.05) is 0 Å². The highest BCUT2D eigenvalue weighted by Crippen LogP contribution is 2.21. The van der Waals surface area contributed by atoms with Crippen molar-refractivity contribution in [2.45, 2.75) is 63.5 Å². The molecule has 1 N–H and O–H groups in total. The van der Waals surface area contributed by atoms with E-state index in [0.29, 0.717) is 12.6 Å². The van der Waals surface area contributed by atoms with E-state index in [4.69, 9.17) is 0 Å². The van der Waals surface area contributed by atoms with Gasteiger partial charge in [0.1, 0.15) is 0 Å². The first-order chi connectivity index (χ1) is 9.81. The number of fused-ring (bicyclic) bond motifs is 1. The number of amides is 1. The molecule has 3 rings (SSSR count). The number of hydrogen-bond acceptors (Lipinski definition) is 3. The fourth-order valence-electron chi connectivity index (χ4n) is 4.10. The van der Waals surface area contributed by atoms with Crippen LogP contribution in [-0.2, 0) is 4.79 Å². The predicted octanol–water partition coefficient (Wildman–Crippen LogP) is 1.61. The Morgan fingerprint density at radius 1 is 0.950 bits per heavy atom. The Balaban J connectivity index is 1.41. The fraction of sp³-hybridized carbons (Fsp3) is 0.938. The van der Waals surface area contributed by atoms with Gasteiger partial charge in [-0.2, -0.15) is 0 Å². The molecule has 0 aromatic heterocycles. The smallest absolute Gasteiger partial charge is 0.234 e. The van der Waals surface area contributed by atoms with Crippen LogP contribution in [0.25, 0.3) is 0 Å². The van der Waals surface area contributed by atoms with Crippen LogP contribution in [-0.4, -0.2) is 60.5 Å². The summed E-state index contributed by atoms with van der Waals surface area (Å²) in [6.07, 6.45) is 10.3. The Kier molecular flexibility index (Phi) is 4.94. The molecular formula is C16H29N3O. The maximum absolute atomic E-state index is 12.2. The van der Waals surface area contributed by atoms with E-state index in [0.717, 1.165) is 25.7 Å². The van der Waals surface area contributed by atoms with Gasteiger partial charge in [0.05, 0.1) is 6.54 Å². The lowest BCUT2D eigenvalue weighted by Crippen LogP contribution is -2.53. The third-order valence-corrected chi connectivity index (χ3v) is 5.26. The number of carbonyl (C=O) groups excluding carboxylic acids is 1. The molecule has 3 aliphatic rings. The van der Waals surface area contributed by atoms with Crippen LogP contribution < -0.4 is 5.32 Å². The molecule has 1 atom stereocenters. The van der Waals surface area contributed by atoms with E-state index < -0.39 is 0 Å². The van der Waals surface area contributed by atoms with Crippen LogP contribution in [0.15, 0.2) is 0 Å². The minimum atomic E-state index is 0.253. The van der Waals surface area contributed by atoms with E-state index in [1.54, 1.807) is 0 Å². The van der Waals surface area contributed by atoms with Crippen LogP contribution in [0.4, 0.5) is 0 Å². The van der Waals surface area contributed by atoms with Crippen molar-refractivity contribution >= 4 is 5.91 Å². The molecule has 4 nitrogen and oxygen atoms in total. The number of rotatable bonds is 3. The number of nitrogens with zero attached hydrogens (tertiary/aromatic N) is 2. The van der Waals surface area contributed by atoms with Gasteiger partial charge in [0.2, 0.25) is 5.91 Å². The second kappa shape index (κ2) is 6.90. The van der Waals surface area contributed by atoms with Gasteiger partial charge in [-0.15, -0.1) is 0 Å². The van der Waals surface area contributed by atoms with Crippen molar-refractivity contribution in [3.05, 3.63) is 0 Å². The molecule has 114 valence electrons. The predicted molar refractivity (Wildman–Crippen MR) is 80.7 cm³/mol. The molecule has 1 saturated carbocycles. The molecule has 2 heterocycles. The summed E-state index contributed by atoms with van der Waals surface area (Å²) < 4.78 is 0. The summed E-state index contributed by atoms with van der Waals surface area (Å²) in [7, 11) is 0. The first-order valence-electron chi connectivity index (χ1n) is 8.57. The van der Waals surface area contributed by atoms with Gasteiger partial charge in [-0.25, -0.2) is 0 Å². The Morgan fingerprint density at radius 2 is 1.75 bits per heavy atom. The van der Waals surface area contributed by atoms with Crippen molar-refractivity contribution in [3.63, 3.8) is 0 Å². The van der Waals surface area contributed by atoms with Crippen molar-refractivity contribution in [2.75, 3.05) is 32.7 Å². The van der Waals surface area contributed by atoms with E-state index in [1.165, 1.54) is 57.9 Å². The maximum Gasteiger partial charge on any atom is 0.234 e. The average molecular weight is 279 g/mol. The van der Waals surface area contributed by atoms with Gasteiger partial charge < -0.3 is 5.32 Å². The summed E-state index contributed by atoms with van der Waals surface area (Å²) in [4.78, 5) is 17.2. The number of hydrogen-bond donors (Lipinski definition) is 1. The second-order valence-corrected chi connectivity index (χ2v) is 6.82. The van der Waals surface area contributed by atoms with Gasteiger partial charge in [-0.3, -0.25) is 14.6 Å². The maximum atomic E-state index is 12.2. The molecule has 1 unspecified atom stereocenters. The molecular weight excluding hydrogens is 250 g/mol. The first kappa shape index (κ1) is 14.3. The zero-order valence-corrected chi connectivity index (χ0v) is 12.6. The quantitative estimate of drug-likeness (QED) is 0.797. The molecule has 3 fully saturated rings. The van der Waals surface area contributed by atoms with Crippen molar-refractivity contribution in [2.24, 2.45) is 0 Å². The summed E-state index contributed by atoms with van der Waals surface area (Å²) in [5.74, 6) is 0.253. The fourth-order valence-corrected chi connectivity index (χ4v) is 4.10. The standard InChI is InChI=1S/C16H29N3O/c20-16(17-14-6-3-1-2-4-7-14)13-18-10-11-19-9-5-8-15(19)12-18/h14-15H,1-13H2,(H,17,20). The zero-order chi connectivity index (χ0) is 13.8.